The SMILES string of the molecule is OC[C@H]1Cc2ccc3ccccc3c2O1. The summed E-state index contributed by atoms with van der Waals surface area (Å²) in [5.74, 6) is 0.951. The number of ether oxygens (including phenoxy) is 1. The highest BCUT2D eigenvalue weighted by molar-refractivity contribution is 5.90. The van der Waals surface area contributed by atoms with Crippen molar-refractivity contribution in [3.8, 4) is 5.75 Å². The molecule has 2 aromatic carbocycles. The Labute approximate surface area is 88.1 Å². The number of rotatable bonds is 1. The van der Waals surface area contributed by atoms with E-state index in [0.29, 0.717) is 0 Å². The second-order valence-corrected chi connectivity index (χ2v) is 3.90. The summed E-state index contributed by atoms with van der Waals surface area (Å²) >= 11 is 0. The van der Waals surface area contributed by atoms with E-state index in [-0.39, 0.29) is 12.7 Å². The third-order valence-corrected chi connectivity index (χ3v) is 2.90. The topological polar surface area (TPSA) is 29.5 Å². The van der Waals surface area contributed by atoms with Gasteiger partial charge in [-0.2, -0.15) is 0 Å². The molecule has 0 aromatic heterocycles. The monoisotopic (exact) mass is 200 g/mol. The molecule has 1 heterocycles. The highest BCUT2D eigenvalue weighted by atomic mass is 16.5. The second-order valence-electron chi connectivity index (χ2n) is 3.90. The van der Waals surface area contributed by atoms with Gasteiger partial charge in [-0.25, -0.2) is 0 Å². The molecular weight excluding hydrogens is 188 g/mol. The quantitative estimate of drug-likeness (QED) is 0.764. The first-order valence-corrected chi connectivity index (χ1v) is 5.16. The zero-order valence-electron chi connectivity index (χ0n) is 8.31. The van der Waals surface area contributed by atoms with E-state index in [1.807, 2.05) is 12.1 Å². The lowest BCUT2D eigenvalue weighted by Crippen LogP contribution is -2.17. The minimum Gasteiger partial charge on any atom is -0.487 e. The van der Waals surface area contributed by atoms with Crippen LogP contribution in [-0.4, -0.2) is 17.8 Å². The molecule has 2 nitrogen and oxygen atoms in total. The maximum absolute atomic E-state index is 9.09. The average molecular weight is 200 g/mol. The average Bonchev–Trinajstić information content (AvgIpc) is 2.72. The zero-order valence-corrected chi connectivity index (χ0v) is 8.31. The molecule has 2 heteroatoms. The van der Waals surface area contributed by atoms with Crippen molar-refractivity contribution in [1.29, 1.82) is 0 Å². The van der Waals surface area contributed by atoms with Crippen molar-refractivity contribution in [2.75, 3.05) is 6.61 Å². The Balaban J connectivity index is 2.20. The first-order chi connectivity index (χ1) is 7.38. The van der Waals surface area contributed by atoms with Crippen molar-refractivity contribution in [3.05, 3.63) is 42.0 Å². The third kappa shape index (κ3) is 1.29. The summed E-state index contributed by atoms with van der Waals surface area (Å²) in [4.78, 5) is 0. The first-order valence-electron chi connectivity index (χ1n) is 5.16. The lowest BCUT2D eigenvalue weighted by Gasteiger charge is -2.07. The van der Waals surface area contributed by atoms with Gasteiger partial charge in [-0.3, -0.25) is 0 Å². The number of aliphatic hydroxyl groups excluding tert-OH is 1. The fourth-order valence-electron chi connectivity index (χ4n) is 2.14. The Bertz CT molecular complexity index is 505. The van der Waals surface area contributed by atoms with E-state index in [1.165, 1.54) is 10.9 Å². The number of fused-ring (bicyclic) bond motifs is 3. The van der Waals surface area contributed by atoms with Gasteiger partial charge in [0.25, 0.3) is 0 Å². The summed E-state index contributed by atoms with van der Waals surface area (Å²) < 4.78 is 5.72. The minimum atomic E-state index is -0.0641. The number of hydrogen-bond donors (Lipinski definition) is 1. The van der Waals surface area contributed by atoms with Crippen molar-refractivity contribution in [2.24, 2.45) is 0 Å². The molecule has 0 radical (unpaired) electrons. The van der Waals surface area contributed by atoms with E-state index in [1.54, 1.807) is 0 Å². The van der Waals surface area contributed by atoms with Crippen molar-refractivity contribution >= 4 is 10.8 Å². The Morgan fingerprint density at radius 3 is 2.93 bits per heavy atom. The van der Waals surface area contributed by atoms with E-state index in [4.69, 9.17) is 9.84 Å². The Morgan fingerprint density at radius 1 is 1.20 bits per heavy atom. The molecular formula is C13H12O2. The summed E-state index contributed by atoms with van der Waals surface area (Å²) in [7, 11) is 0. The second kappa shape index (κ2) is 3.24. The van der Waals surface area contributed by atoms with Gasteiger partial charge in [-0.15, -0.1) is 0 Å². The van der Waals surface area contributed by atoms with Gasteiger partial charge in [0.2, 0.25) is 0 Å². The van der Waals surface area contributed by atoms with Crippen LogP contribution in [0.3, 0.4) is 0 Å². The van der Waals surface area contributed by atoms with Gasteiger partial charge in [0.05, 0.1) is 6.61 Å². The number of hydrogen-bond acceptors (Lipinski definition) is 2. The van der Waals surface area contributed by atoms with Gasteiger partial charge in [0, 0.05) is 11.8 Å². The van der Waals surface area contributed by atoms with Crippen LogP contribution < -0.4 is 4.74 Å². The summed E-state index contributed by atoms with van der Waals surface area (Å²) in [6, 6.07) is 12.4. The summed E-state index contributed by atoms with van der Waals surface area (Å²) in [5.41, 5.74) is 1.20. The van der Waals surface area contributed by atoms with Crippen molar-refractivity contribution in [2.45, 2.75) is 12.5 Å². The summed E-state index contributed by atoms with van der Waals surface area (Å²) in [5, 5.41) is 11.4. The normalized spacial score (nSPS) is 18.9. The molecule has 76 valence electrons. The van der Waals surface area contributed by atoms with Crippen LogP contribution in [0.2, 0.25) is 0 Å². The molecule has 1 aliphatic heterocycles. The molecule has 3 rings (SSSR count). The van der Waals surface area contributed by atoms with E-state index < -0.39 is 0 Å². The summed E-state index contributed by atoms with van der Waals surface area (Å²) in [6.45, 7) is 0.0863. The van der Waals surface area contributed by atoms with Crippen molar-refractivity contribution in [3.63, 3.8) is 0 Å². The Kier molecular flexibility index (Phi) is 1.89. The van der Waals surface area contributed by atoms with E-state index in [9.17, 15) is 0 Å². The largest absolute Gasteiger partial charge is 0.487 e. The minimum absolute atomic E-state index is 0.0641. The lowest BCUT2D eigenvalue weighted by molar-refractivity contribution is 0.136. The molecule has 1 atom stereocenters. The van der Waals surface area contributed by atoms with Crippen LogP contribution in [0.15, 0.2) is 36.4 Å². The predicted octanol–water partition coefficient (Wildman–Crippen LogP) is 2.14. The van der Waals surface area contributed by atoms with Gasteiger partial charge in [-0.05, 0) is 10.9 Å². The molecule has 0 fully saturated rings. The van der Waals surface area contributed by atoms with Gasteiger partial charge < -0.3 is 9.84 Å². The van der Waals surface area contributed by atoms with Crippen molar-refractivity contribution in [1.82, 2.24) is 0 Å². The van der Waals surface area contributed by atoms with Gasteiger partial charge >= 0.3 is 0 Å². The van der Waals surface area contributed by atoms with Crippen LogP contribution in [-0.2, 0) is 6.42 Å². The predicted molar refractivity (Wildman–Crippen MR) is 59.2 cm³/mol. The van der Waals surface area contributed by atoms with Gasteiger partial charge in [0.15, 0.2) is 0 Å². The molecule has 0 aliphatic carbocycles. The lowest BCUT2D eigenvalue weighted by atomic mass is 10.0. The Hall–Kier alpha value is -1.54. The van der Waals surface area contributed by atoms with Crippen LogP contribution in [0.5, 0.6) is 5.75 Å². The highest BCUT2D eigenvalue weighted by Crippen LogP contribution is 2.35. The molecule has 1 aliphatic rings. The maximum atomic E-state index is 9.09. The van der Waals surface area contributed by atoms with Crippen LogP contribution >= 0.6 is 0 Å². The molecule has 15 heavy (non-hydrogen) atoms. The van der Waals surface area contributed by atoms with Gasteiger partial charge in [-0.1, -0.05) is 36.4 Å². The molecule has 2 aromatic rings. The van der Waals surface area contributed by atoms with E-state index in [0.717, 1.165) is 17.6 Å². The third-order valence-electron chi connectivity index (χ3n) is 2.90. The molecule has 0 bridgehead atoms. The number of aliphatic hydroxyl groups is 1. The van der Waals surface area contributed by atoms with Crippen LogP contribution in [0, 0.1) is 0 Å². The molecule has 0 spiro atoms. The van der Waals surface area contributed by atoms with E-state index in [2.05, 4.69) is 24.3 Å². The van der Waals surface area contributed by atoms with Crippen molar-refractivity contribution < 1.29 is 9.84 Å². The summed E-state index contributed by atoms with van der Waals surface area (Å²) in [6.07, 6.45) is 0.752. The zero-order chi connectivity index (χ0) is 10.3. The first kappa shape index (κ1) is 8.74. The van der Waals surface area contributed by atoms with Crippen LogP contribution in [0.1, 0.15) is 5.56 Å². The maximum Gasteiger partial charge on any atom is 0.131 e. The fraction of sp³-hybridized carbons (Fsp3) is 0.231. The van der Waals surface area contributed by atoms with Crippen LogP contribution in [0.4, 0.5) is 0 Å². The molecule has 0 amide bonds. The highest BCUT2D eigenvalue weighted by Gasteiger charge is 2.23. The molecule has 0 saturated heterocycles. The van der Waals surface area contributed by atoms with Gasteiger partial charge in [0.1, 0.15) is 11.9 Å². The van der Waals surface area contributed by atoms with E-state index >= 15 is 0 Å². The molecule has 0 saturated carbocycles. The molecule has 1 N–H and O–H groups in total. The number of benzene rings is 2. The van der Waals surface area contributed by atoms with Crippen LogP contribution in [0.25, 0.3) is 10.8 Å². The fourth-order valence-corrected chi connectivity index (χ4v) is 2.14. The Morgan fingerprint density at radius 2 is 2.07 bits per heavy atom. The standard InChI is InChI=1S/C13H12O2/c14-8-11-7-10-6-5-9-3-1-2-4-12(9)13(10)15-11/h1-6,11,14H,7-8H2/t11-/m1/s1. The smallest absolute Gasteiger partial charge is 0.131 e. The molecule has 0 unspecified atom stereocenters.